The summed E-state index contributed by atoms with van der Waals surface area (Å²) >= 11 is 0. The molecule has 3 heterocycles. The Morgan fingerprint density at radius 2 is 1.16 bits per heavy atom. The minimum atomic E-state index is -2.42. The van der Waals surface area contributed by atoms with Crippen LogP contribution in [0.3, 0.4) is 0 Å². The molecule has 6 aromatic carbocycles. The summed E-state index contributed by atoms with van der Waals surface area (Å²) in [5, 5.41) is 48.6. The van der Waals surface area contributed by atoms with E-state index >= 15 is 0 Å². The predicted molar refractivity (Wildman–Crippen MR) is 312 cm³/mol. The van der Waals surface area contributed by atoms with E-state index in [1.165, 1.54) is 44.8 Å². The first kappa shape index (κ1) is 52.5. The maximum Gasteiger partial charge on any atom is 0.488 e. The van der Waals surface area contributed by atoms with E-state index in [1.807, 2.05) is 46.2 Å². The molecule has 0 radical (unpaired) electrons. The number of anilines is 1. The molecule has 0 atom stereocenters. The summed E-state index contributed by atoms with van der Waals surface area (Å²) < 4.78 is 2.40. The maximum atomic E-state index is 12.6. The molecule has 0 spiro atoms. The van der Waals surface area contributed by atoms with Gasteiger partial charge in [0.05, 0.1) is 13.1 Å². The zero-order valence-electron chi connectivity index (χ0n) is 44.1. The second-order valence-corrected chi connectivity index (χ2v) is 25.6. The smallest absolute Gasteiger partial charge is 0.423 e. The largest absolute Gasteiger partial charge is 0.488 e. The summed E-state index contributed by atoms with van der Waals surface area (Å²) in [6, 6.07) is 37.6. The van der Waals surface area contributed by atoms with Crippen molar-refractivity contribution in [3.63, 3.8) is 0 Å². The molecule has 3 aliphatic heterocycles. The van der Waals surface area contributed by atoms with Crippen LogP contribution >= 0.6 is 0 Å². The van der Waals surface area contributed by atoms with Crippen LogP contribution in [0, 0.1) is 0 Å². The molecule has 0 aromatic heterocycles. The molecule has 2 saturated heterocycles. The van der Waals surface area contributed by atoms with E-state index < -0.39 is 22.3 Å². The third-order valence-electron chi connectivity index (χ3n) is 16.1. The molecule has 4 N–H and O–H groups in total. The number of fused-ring (bicyclic) bond motifs is 4. The van der Waals surface area contributed by atoms with Gasteiger partial charge in [0.2, 0.25) is 11.8 Å². The zero-order chi connectivity index (χ0) is 53.4. The van der Waals surface area contributed by atoms with Crippen molar-refractivity contribution in [3.8, 4) is 0 Å². The van der Waals surface area contributed by atoms with Gasteiger partial charge in [-0.2, -0.15) is 0 Å². The number of hydrogen-bond donors (Lipinski definition) is 4. The number of amides is 2. The topological polar surface area (TPSA) is 134 Å². The van der Waals surface area contributed by atoms with Gasteiger partial charge in [-0.1, -0.05) is 117 Å². The molecular formula is C61H67B2N6O6Si+. The van der Waals surface area contributed by atoms with Gasteiger partial charge in [0.1, 0.15) is 8.07 Å². The van der Waals surface area contributed by atoms with Crippen LogP contribution in [0.5, 0.6) is 0 Å². The van der Waals surface area contributed by atoms with Crippen LogP contribution in [-0.4, -0.2) is 151 Å². The van der Waals surface area contributed by atoms with Crippen molar-refractivity contribution in [2.45, 2.75) is 39.3 Å². The van der Waals surface area contributed by atoms with Gasteiger partial charge in [0.15, 0.2) is 18.8 Å². The summed E-state index contributed by atoms with van der Waals surface area (Å²) in [7, 11) is -1.44. The zero-order valence-corrected chi connectivity index (χ0v) is 45.1. The van der Waals surface area contributed by atoms with Gasteiger partial charge in [0.25, 0.3) is 0 Å². The number of benzene rings is 6. The SMILES string of the molecule is C=CC(=O)N1CCN(c2ccc3c(c2)[Si](C)(C)C2=CC(=[N+]4CCN(C(=O)C=C)CC4)C=CC2=C3c2ccc3c(CN(C)Cc4ccccc4B(O)O)c4ccccc4c(CN(C)Cc4ccccc4B(O)O)c3c2)CC1. The molecule has 386 valence electrons. The van der Waals surface area contributed by atoms with Crippen LogP contribution in [-0.2, 0) is 35.8 Å². The average Bonchev–Trinajstić information content (AvgIpc) is 3.48. The first-order valence-corrected chi connectivity index (χ1v) is 29.4. The highest BCUT2D eigenvalue weighted by Gasteiger charge is 2.41. The minimum Gasteiger partial charge on any atom is -0.423 e. The normalized spacial score (nSPS) is 16.3. The van der Waals surface area contributed by atoms with E-state index in [4.69, 9.17) is 0 Å². The van der Waals surface area contributed by atoms with Gasteiger partial charge >= 0.3 is 14.2 Å². The molecule has 76 heavy (non-hydrogen) atoms. The standard InChI is InChI=1S/C61H67B2N6O6Si/c1-7-59(70)68-31-27-66(28-32-68)45-22-25-50-57(36-45)76(5,6)58-37-46(67-29-33-69(34-30-67)60(71)8-2)23-26-51(58)61(50)42-21-24-49-52(35-42)54(41-65(4)39-44-16-10-14-20-56(44)63(74)75)48-18-12-11-17-47(48)53(49)40-64(3)38-43-15-9-13-19-55(43)62(72)73/h7-26,35-37,72-75H,1-2,27-34,38-41H2,3-6H3/q+1. The molecule has 0 bridgehead atoms. The van der Waals surface area contributed by atoms with E-state index in [9.17, 15) is 29.7 Å². The maximum absolute atomic E-state index is 12.6. The van der Waals surface area contributed by atoms with Gasteiger partial charge in [-0.05, 0) is 138 Å². The molecule has 15 heteroatoms. The lowest BCUT2D eigenvalue weighted by molar-refractivity contribution is -0.536. The Balaban J connectivity index is 1.14. The lowest BCUT2D eigenvalue weighted by Crippen LogP contribution is -2.51. The highest BCUT2D eigenvalue weighted by molar-refractivity contribution is 6.98. The minimum absolute atomic E-state index is 0.0345. The number of carbonyl (C=O) groups excluding carboxylic acids is 2. The third-order valence-corrected chi connectivity index (χ3v) is 19.6. The number of rotatable bonds is 14. The summed E-state index contributed by atoms with van der Waals surface area (Å²) in [6.07, 6.45) is 9.82. The Morgan fingerprint density at radius 1 is 0.632 bits per heavy atom. The van der Waals surface area contributed by atoms with E-state index in [2.05, 4.69) is 139 Å². The second kappa shape index (κ2) is 22.0. The van der Waals surface area contributed by atoms with Crippen LogP contribution in [0.25, 0.3) is 27.1 Å². The summed E-state index contributed by atoms with van der Waals surface area (Å²) in [5.41, 5.74) is 12.0. The predicted octanol–water partition coefficient (Wildman–Crippen LogP) is 4.70. The first-order valence-electron chi connectivity index (χ1n) is 26.4. The molecule has 0 saturated carbocycles. The van der Waals surface area contributed by atoms with Crippen LogP contribution in [0.1, 0.15) is 33.4 Å². The van der Waals surface area contributed by atoms with Crippen molar-refractivity contribution in [1.82, 2.24) is 19.6 Å². The quantitative estimate of drug-likeness (QED) is 0.0531. The Labute approximate surface area is 448 Å². The summed E-state index contributed by atoms with van der Waals surface area (Å²) in [5.74, 6) is -0.0690. The molecule has 1 aliphatic carbocycles. The Morgan fingerprint density at radius 3 is 1.72 bits per heavy atom. The van der Waals surface area contributed by atoms with Crippen LogP contribution < -0.4 is 21.0 Å². The summed E-state index contributed by atoms with van der Waals surface area (Å²) in [4.78, 5) is 35.8. The van der Waals surface area contributed by atoms with Gasteiger partial charge in [-0.15, -0.1) is 0 Å². The molecule has 2 fully saturated rings. The van der Waals surface area contributed by atoms with E-state index in [0.717, 1.165) is 81.4 Å². The fourth-order valence-corrected chi connectivity index (χ4v) is 15.2. The molecule has 4 aliphatic rings. The van der Waals surface area contributed by atoms with Crippen molar-refractivity contribution >= 4 is 88.8 Å². The Bertz CT molecular complexity index is 3420. The van der Waals surface area contributed by atoms with Crippen LogP contribution in [0.2, 0.25) is 13.1 Å². The number of hydrogen-bond acceptors (Lipinski definition) is 9. The van der Waals surface area contributed by atoms with Gasteiger partial charge in [-0.3, -0.25) is 19.4 Å². The van der Waals surface area contributed by atoms with Crippen LogP contribution in [0.15, 0.2) is 164 Å². The molecule has 2 amide bonds. The third kappa shape index (κ3) is 10.2. The number of nitrogens with zero attached hydrogens (tertiary/aromatic N) is 6. The summed E-state index contributed by atoms with van der Waals surface area (Å²) in [6.45, 7) is 20.0. The van der Waals surface area contributed by atoms with Crippen LogP contribution in [0.4, 0.5) is 5.69 Å². The molecule has 6 aromatic rings. The van der Waals surface area contributed by atoms with E-state index in [0.29, 0.717) is 63.3 Å². The fraction of sp³-hybridized carbons (Fsp3) is 0.262. The number of piperazine rings is 2. The van der Waals surface area contributed by atoms with E-state index in [-0.39, 0.29) is 11.8 Å². The molecule has 0 unspecified atom stereocenters. The second-order valence-electron chi connectivity index (χ2n) is 21.2. The van der Waals surface area contributed by atoms with Crippen molar-refractivity contribution < 1.29 is 34.3 Å². The number of carbonyl (C=O) groups is 2. The van der Waals surface area contributed by atoms with Crippen molar-refractivity contribution in [2.24, 2.45) is 0 Å². The fourth-order valence-electron chi connectivity index (χ4n) is 12.1. The number of allylic oxidation sites excluding steroid dienone is 5. The molecule has 10 rings (SSSR count). The lowest BCUT2D eigenvalue weighted by atomic mass is 9.77. The Hall–Kier alpha value is -6.94. The average molecular weight is 1030 g/mol. The highest BCUT2D eigenvalue weighted by Crippen LogP contribution is 2.44. The highest BCUT2D eigenvalue weighted by atomic mass is 28.3. The van der Waals surface area contributed by atoms with E-state index in [1.54, 1.807) is 12.1 Å². The lowest BCUT2D eigenvalue weighted by Gasteiger charge is -2.40. The van der Waals surface area contributed by atoms with Crippen molar-refractivity contribution in [3.05, 3.63) is 197 Å². The monoisotopic (exact) mass is 1030 g/mol. The van der Waals surface area contributed by atoms with Crippen molar-refractivity contribution in [2.75, 3.05) is 71.4 Å². The first-order chi connectivity index (χ1) is 36.6. The van der Waals surface area contributed by atoms with Gasteiger partial charge in [-0.25, -0.2) is 4.58 Å². The molecular weight excluding hydrogens is 962 g/mol. The van der Waals surface area contributed by atoms with Gasteiger partial charge in [0, 0.05) is 70.2 Å². The molecule has 12 nitrogen and oxygen atoms in total. The van der Waals surface area contributed by atoms with Gasteiger partial charge < -0.3 is 34.8 Å². The Kier molecular flexibility index (Phi) is 15.2. The van der Waals surface area contributed by atoms with Crippen molar-refractivity contribution in [1.29, 1.82) is 0 Å².